The third-order valence-corrected chi connectivity index (χ3v) is 9.05. The second-order valence-electron chi connectivity index (χ2n) is 10.2. The first-order valence-corrected chi connectivity index (χ1v) is 10.4. The first-order valence-electron chi connectivity index (χ1n) is 10.4. The Morgan fingerprint density at radius 3 is 2.62 bits per heavy atom. The Balaban J connectivity index is 1.67. The number of carbonyl (C=O) groups excluding carboxylic acids is 3. The molecule has 1 unspecified atom stereocenters. The van der Waals surface area contributed by atoms with Crippen LogP contribution in [0.3, 0.4) is 0 Å². The van der Waals surface area contributed by atoms with E-state index in [1.807, 2.05) is 6.92 Å². The van der Waals surface area contributed by atoms with Crippen LogP contribution < -0.4 is 0 Å². The van der Waals surface area contributed by atoms with Gasteiger partial charge < -0.3 is 9.53 Å². The van der Waals surface area contributed by atoms with Crippen LogP contribution in [0.15, 0.2) is 0 Å². The maximum Gasteiger partial charge on any atom is 0.302 e. The van der Waals surface area contributed by atoms with Crippen molar-refractivity contribution >= 4 is 18.0 Å². The molecule has 0 saturated heterocycles. The fourth-order valence-electron chi connectivity index (χ4n) is 7.94. The van der Waals surface area contributed by atoms with Crippen LogP contribution in [0.1, 0.15) is 72.1 Å². The lowest BCUT2D eigenvalue weighted by molar-refractivity contribution is -0.180. The largest absolute Gasteiger partial charge is 0.465 e. The van der Waals surface area contributed by atoms with Gasteiger partial charge in [0.1, 0.15) is 18.7 Å². The molecular weight excluding hydrogens is 328 g/mol. The maximum atomic E-state index is 12.9. The molecule has 4 saturated carbocycles. The van der Waals surface area contributed by atoms with E-state index in [9.17, 15) is 14.4 Å². The van der Waals surface area contributed by atoms with Crippen LogP contribution in [0.25, 0.3) is 0 Å². The summed E-state index contributed by atoms with van der Waals surface area (Å²) in [5.74, 6) is 1.67. The molecule has 26 heavy (non-hydrogen) atoms. The molecule has 1 spiro atoms. The molecule has 0 aliphatic heterocycles. The lowest BCUT2D eigenvalue weighted by atomic mass is 9.41. The Hall–Kier alpha value is -1.19. The average Bonchev–Trinajstić information content (AvgIpc) is 2.87. The van der Waals surface area contributed by atoms with Gasteiger partial charge in [-0.3, -0.25) is 9.59 Å². The molecule has 0 N–H and O–H groups in total. The third-order valence-electron chi connectivity index (χ3n) is 9.05. The topological polar surface area (TPSA) is 60.4 Å². The Bertz CT molecular complexity index is 642. The van der Waals surface area contributed by atoms with Crippen LogP contribution in [0.2, 0.25) is 0 Å². The Kier molecular flexibility index (Phi) is 4.13. The molecule has 144 valence electrons. The number of fused-ring (bicyclic) bond motifs is 3. The number of Topliss-reactive ketones (excluding diaryl/α,β-unsaturated/α-hetero) is 1. The van der Waals surface area contributed by atoms with E-state index in [0.717, 1.165) is 32.1 Å². The van der Waals surface area contributed by atoms with E-state index in [1.54, 1.807) is 0 Å². The van der Waals surface area contributed by atoms with Gasteiger partial charge in [0.15, 0.2) is 0 Å². The summed E-state index contributed by atoms with van der Waals surface area (Å²) < 4.78 is 5.37. The van der Waals surface area contributed by atoms with Crippen molar-refractivity contribution in [3.05, 3.63) is 0 Å². The van der Waals surface area contributed by atoms with Gasteiger partial charge in [-0.1, -0.05) is 6.92 Å². The summed E-state index contributed by atoms with van der Waals surface area (Å²) in [5, 5.41) is 0. The summed E-state index contributed by atoms with van der Waals surface area (Å²) >= 11 is 0. The number of carbonyl (C=O) groups is 3. The number of ether oxygens (including phenoxy) is 1. The van der Waals surface area contributed by atoms with Gasteiger partial charge in [-0.05, 0) is 80.5 Å². The molecule has 0 aromatic rings. The van der Waals surface area contributed by atoms with E-state index in [0.29, 0.717) is 23.7 Å². The summed E-state index contributed by atoms with van der Waals surface area (Å²) in [6, 6.07) is 0. The van der Waals surface area contributed by atoms with E-state index in [-0.39, 0.29) is 35.6 Å². The van der Waals surface area contributed by atoms with Gasteiger partial charge in [-0.2, -0.15) is 0 Å². The lowest BCUT2D eigenvalue weighted by Gasteiger charge is -2.63. The molecule has 0 heterocycles. The summed E-state index contributed by atoms with van der Waals surface area (Å²) in [6.07, 6.45) is 9.53. The predicted molar refractivity (Wildman–Crippen MR) is 97.2 cm³/mol. The molecule has 0 aromatic carbocycles. The highest BCUT2D eigenvalue weighted by molar-refractivity contribution is 5.86. The van der Waals surface area contributed by atoms with Crippen LogP contribution >= 0.6 is 0 Å². The predicted octanol–water partition coefficient (Wildman–Crippen LogP) is 3.96. The normalized spacial score (nSPS) is 49.9. The zero-order chi connectivity index (χ0) is 18.7. The summed E-state index contributed by atoms with van der Waals surface area (Å²) in [4.78, 5) is 35.9. The van der Waals surface area contributed by atoms with Crippen molar-refractivity contribution in [2.75, 3.05) is 6.61 Å². The lowest BCUT2D eigenvalue weighted by Crippen LogP contribution is -2.60. The van der Waals surface area contributed by atoms with E-state index >= 15 is 0 Å². The molecule has 4 heteroatoms. The quantitative estimate of drug-likeness (QED) is 0.565. The van der Waals surface area contributed by atoms with Gasteiger partial charge in [0, 0.05) is 19.3 Å². The zero-order valence-electron chi connectivity index (χ0n) is 16.4. The summed E-state index contributed by atoms with van der Waals surface area (Å²) in [7, 11) is 0. The summed E-state index contributed by atoms with van der Waals surface area (Å²) in [5.41, 5.74) is -0.133. The molecule has 4 fully saturated rings. The molecule has 4 aliphatic rings. The summed E-state index contributed by atoms with van der Waals surface area (Å²) in [6.45, 7) is 6.08. The number of ketones is 1. The van der Waals surface area contributed by atoms with E-state index in [2.05, 4.69) is 6.92 Å². The van der Waals surface area contributed by atoms with Gasteiger partial charge in [0.2, 0.25) is 0 Å². The Labute approximate surface area is 156 Å². The first kappa shape index (κ1) is 18.2. The van der Waals surface area contributed by atoms with E-state index in [1.165, 1.54) is 26.1 Å². The number of hydrogen-bond acceptors (Lipinski definition) is 4. The minimum Gasteiger partial charge on any atom is -0.465 e. The number of hydrogen-bond donors (Lipinski definition) is 0. The van der Waals surface area contributed by atoms with Crippen molar-refractivity contribution in [3.63, 3.8) is 0 Å². The van der Waals surface area contributed by atoms with Crippen LogP contribution in [0, 0.1) is 39.9 Å². The standard InChI is InChI=1S/C22H32O4/c1-14(24)26-13-21(3)17-6-9-22-10-15(16(11-22)12-23)4-5-18(22)20(17,2)8-7-19(21)25/h12,15-18H,4-11,13H2,1-3H3/t15-,16+,17-,18-,20+,21?,22-/m1/s1. The van der Waals surface area contributed by atoms with Crippen molar-refractivity contribution in [2.24, 2.45) is 39.9 Å². The molecule has 0 amide bonds. The van der Waals surface area contributed by atoms with Crippen molar-refractivity contribution < 1.29 is 19.1 Å². The van der Waals surface area contributed by atoms with Crippen LogP contribution in [-0.4, -0.2) is 24.6 Å². The second-order valence-corrected chi connectivity index (χ2v) is 10.2. The van der Waals surface area contributed by atoms with Crippen LogP contribution in [0.5, 0.6) is 0 Å². The molecule has 4 rings (SSSR count). The second kappa shape index (κ2) is 5.90. The van der Waals surface area contributed by atoms with Crippen molar-refractivity contribution in [1.29, 1.82) is 0 Å². The van der Waals surface area contributed by atoms with Crippen molar-refractivity contribution in [3.8, 4) is 0 Å². The van der Waals surface area contributed by atoms with Crippen LogP contribution in [-0.2, 0) is 19.1 Å². The van der Waals surface area contributed by atoms with E-state index in [4.69, 9.17) is 4.74 Å². The van der Waals surface area contributed by atoms with Gasteiger partial charge in [-0.15, -0.1) is 0 Å². The molecule has 7 atom stereocenters. The molecule has 0 radical (unpaired) electrons. The average molecular weight is 360 g/mol. The van der Waals surface area contributed by atoms with Gasteiger partial charge >= 0.3 is 5.97 Å². The van der Waals surface area contributed by atoms with Gasteiger partial charge in [-0.25, -0.2) is 0 Å². The fourth-order valence-corrected chi connectivity index (χ4v) is 7.94. The zero-order valence-corrected chi connectivity index (χ0v) is 16.4. The SMILES string of the molecule is CC(=O)OCC1(C)C(=O)CC[C@@]2(C)[C@H]1CC[C@]13C[C@@H](CC[C@@H]12)[C@H](C=O)C3. The van der Waals surface area contributed by atoms with Crippen molar-refractivity contribution in [2.45, 2.75) is 72.1 Å². The van der Waals surface area contributed by atoms with Crippen molar-refractivity contribution in [1.82, 2.24) is 0 Å². The molecule has 0 aromatic heterocycles. The highest BCUT2D eigenvalue weighted by Gasteiger charge is 2.66. The number of rotatable bonds is 3. The van der Waals surface area contributed by atoms with Crippen LogP contribution in [0.4, 0.5) is 0 Å². The number of aldehydes is 1. The van der Waals surface area contributed by atoms with Gasteiger partial charge in [0.25, 0.3) is 0 Å². The molecule has 4 aliphatic carbocycles. The third kappa shape index (κ3) is 2.36. The fraction of sp³-hybridized carbons (Fsp3) is 0.864. The molecule has 4 nitrogen and oxygen atoms in total. The monoisotopic (exact) mass is 360 g/mol. The first-order chi connectivity index (χ1) is 12.2. The smallest absolute Gasteiger partial charge is 0.302 e. The van der Waals surface area contributed by atoms with E-state index < -0.39 is 5.41 Å². The highest BCUT2D eigenvalue weighted by Crippen LogP contribution is 2.71. The minimum absolute atomic E-state index is 0.115. The number of esters is 1. The molecular formula is C22H32O4. The van der Waals surface area contributed by atoms with Gasteiger partial charge in [0.05, 0.1) is 5.41 Å². The maximum absolute atomic E-state index is 12.9. The highest BCUT2D eigenvalue weighted by atomic mass is 16.5. The Morgan fingerprint density at radius 1 is 1.15 bits per heavy atom. The minimum atomic E-state index is -0.556. The Morgan fingerprint density at radius 2 is 1.92 bits per heavy atom. The molecule has 2 bridgehead atoms.